The molecule has 3 N–H and O–H groups in total. The van der Waals surface area contributed by atoms with Crippen LogP contribution in [0, 0.1) is 0 Å². The smallest absolute Gasteiger partial charge is 0.280 e. The number of hydrogen-bond donors (Lipinski definition) is 2. The highest BCUT2D eigenvalue weighted by Crippen LogP contribution is 2.24. The number of aliphatic hydroxyl groups is 1. The Morgan fingerprint density at radius 1 is 1.57 bits per heavy atom. The van der Waals surface area contributed by atoms with Gasteiger partial charge in [0.15, 0.2) is 0 Å². The van der Waals surface area contributed by atoms with Crippen LogP contribution in [-0.2, 0) is 12.5 Å². The first-order chi connectivity index (χ1) is 6.60. The van der Waals surface area contributed by atoms with Crippen molar-refractivity contribution in [2.24, 2.45) is 0 Å². The molecule has 0 aliphatic heterocycles. The third kappa shape index (κ3) is 2.10. The van der Waals surface area contributed by atoms with Gasteiger partial charge in [-0.25, -0.2) is 13.8 Å². The molecule has 1 heterocycles. The second-order valence-electron chi connectivity index (χ2n) is 2.65. The van der Waals surface area contributed by atoms with Gasteiger partial charge in [0, 0.05) is 11.3 Å². The van der Waals surface area contributed by atoms with Crippen LogP contribution in [0.15, 0.2) is 6.07 Å². The number of halogens is 3. The third-order valence-corrected chi connectivity index (χ3v) is 2.04. The van der Waals surface area contributed by atoms with Gasteiger partial charge in [0.05, 0.1) is 18.2 Å². The van der Waals surface area contributed by atoms with Crippen LogP contribution in [0.2, 0.25) is 0 Å². The van der Waals surface area contributed by atoms with Crippen LogP contribution < -0.4 is 5.73 Å². The van der Waals surface area contributed by atoms with Crippen LogP contribution >= 0.6 is 11.6 Å². The highest BCUT2D eigenvalue weighted by molar-refractivity contribution is 6.17. The zero-order valence-electron chi connectivity index (χ0n) is 7.17. The lowest BCUT2D eigenvalue weighted by Crippen LogP contribution is -2.05. The van der Waals surface area contributed by atoms with Crippen molar-refractivity contribution in [3.05, 3.63) is 23.0 Å². The summed E-state index contributed by atoms with van der Waals surface area (Å²) in [7, 11) is 0. The Hall–Kier alpha value is -0.940. The largest absolute Gasteiger partial charge is 0.398 e. The molecule has 78 valence electrons. The molecule has 0 atom stereocenters. The van der Waals surface area contributed by atoms with Gasteiger partial charge in [0.25, 0.3) is 6.43 Å². The van der Waals surface area contributed by atoms with Gasteiger partial charge in [-0.05, 0) is 6.07 Å². The molecule has 1 aromatic rings. The summed E-state index contributed by atoms with van der Waals surface area (Å²) in [6.07, 6.45) is -2.70. The van der Waals surface area contributed by atoms with Crippen molar-refractivity contribution in [1.82, 2.24) is 4.98 Å². The number of aromatic nitrogens is 1. The Bertz CT molecular complexity index is 333. The van der Waals surface area contributed by atoms with Crippen LogP contribution in [0.25, 0.3) is 0 Å². The number of nitrogens with two attached hydrogens (primary N) is 1. The molecule has 3 nitrogen and oxygen atoms in total. The molecule has 6 heteroatoms. The number of pyridine rings is 1. The summed E-state index contributed by atoms with van der Waals surface area (Å²) in [5.41, 5.74) is 5.67. The van der Waals surface area contributed by atoms with Crippen LogP contribution in [-0.4, -0.2) is 10.1 Å². The van der Waals surface area contributed by atoms with Gasteiger partial charge in [-0.15, -0.1) is 11.6 Å². The number of aliphatic hydroxyl groups excluding tert-OH is 1. The van der Waals surface area contributed by atoms with Gasteiger partial charge >= 0.3 is 0 Å². The maximum Gasteiger partial charge on any atom is 0.280 e. The number of rotatable bonds is 3. The van der Waals surface area contributed by atoms with E-state index in [0.29, 0.717) is 5.56 Å². The SMILES string of the molecule is Nc1cc(C(F)F)nc(CO)c1CCl. The Morgan fingerprint density at radius 3 is 2.64 bits per heavy atom. The lowest BCUT2D eigenvalue weighted by Gasteiger charge is -2.09. The van der Waals surface area contributed by atoms with Crippen molar-refractivity contribution in [1.29, 1.82) is 0 Å². The minimum atomic E-state index is -2.70. The Kier molecular flexibility index (Phi) is 3.60. The molecule has 0 bridgehead atoms. The van der Waals surface area contributed by atoms with Crippen molar-refractivity contribution in [3.63, 3.8) is 0 Å². The molecule has 0 spiro atoms. The molecule has 0 amide bonds. The quantitative estimate of drug-likeness (QED) is 0.768. The average Bonchev–Trinajstić information content (AvgIpc) is 2.16. The fourth-order valence-corrected chi connectivity index (χ4v) is 1.37. The van der Waals surface area contributed by atoms with Crippen LogP contribution in [0.1, 0.15) is 23.4 Å². The van der Waals surface area contributed by atoms with Gasteiger partial charge in [-0.2, -0.15) is 0 Å². The van der Waals surface area contributed by atoms with E-state index >= 15 is 0 Å². The first-order valence-electron chi connectivity index (χ1n) is 3.83. The summed E-state index contributed by atoms with van der Waals surface area (Å²) in [5.74, 6) is 0.0399. The van der Waals surface area contributed by atoms with Gasteiger partial charge in [0.1, 0.15) is 5.69 Å². The van der Waals surface area contributed by atoms with Gasteiger partial charge in [-0.1, -0.05) is 0 Å². The third-order valence-electron chi connectivity index (χ3n) is 1.77. The van der Waals surface area contributed by atoms with Gasteiger partial charge in [0.2, 0.25) is 0 Å². The predicted molar refractivity (Wildman–Crippen MR) is 49.1 cm³/mol. The lowest BCUT2D eigenvalue weighted by atomic mass is 10.1. The highest BCUT2D eigenvalue weighted by atomic mass is 35.5. The summed E-state index contributed by atoms with van der Waals surface area (Å²) in [6, 6.07) is 1.07. The molecular weight excluding hydrogens is 214 g/mol. The number of nitrogens with zero attached hydrogens (tertiary/aromatic N) is 1. The van der Waals surface area contributed by atoms with Crippen molar-refractivity contribution < 1.29 is 13.9 Å². The van der Waals surface area contributed by atoms with E-state index in [-0.39, 0.29) is 17.3 Å². The minimum absolute atomic E-state index is 0.0399. The normalized spacial score (nSPS) is 10.9. The molecule has 0 fully saturated rings. The summed E-state index contributed by atoms with van der Waals surface area (Å²) in [4.78, 5) is 3.56. The molecular formula is C8H9ClF2N2O. The molecule has 1 aromatic heterocycles. The molecule has 14 heavy (non-hydrogen) atoms. The van der Waals surface area contributed by atoms with Crippen molar-refractivity contribution in [2.45, 2.75) is 18.9 Å². The summed E-state index contributed by atoms with van der Waals surface area (Å²) in [6.45, 7) is -0.452. The number of alkyl halides is 3. The summed E-state index contributed by atoms with van der Waals surface area (Å²) in [5, 5.41) is 8.86. The fourth-order valence-electron chi connectivity index (χ4n) is 1.07. The van der Waals surface area contributed by atoms with E-state index in [2.05, 4.69) is 4.98 Å². The molecule has 0 aliphatic carbocycles. The number of nitrogen functional groups attached to an aromatic ring is 1. The first-order valence-corrected chi connectivity index (χ1v) is 4.36. The minimum Gasteiger partial charge on any atom is -0.398 e. The van der Waals surface area contributed by atoms with E-state index in [1.807, 2.05) is 0 Å². The van der Waals surface area contributed by atoms with E-state index in [9.17, 15) is 8.78 Å². The average molecular weight is 223 g/mol. The summed E-state index contributed by atoms with van der Waals surface area (Å²) >= 11 is 5.53. The second-order valence-corrected chi connectivity index (χ2v) is 2.92. The van der Waals surface area contributed by atoms with E-state index < -0.39 is 18.7 Å². The summed E-state index contributed by atoms with van der Waals surface area (Å²) < 4.78 is 24.5. The lowest BCUT2D eigenvalue weighted by molar-refractivity contribution is 0.145. The van der Waals surface area contributed by atoms with Gasteiger partial charge in [-0.3, -0.25) is 0 Å². The van der Waals surface area contributed by atoms with E-state index in [1.54, 1.807) is 0 Å². The zero-order chi connectivity index (χ0) is 10.7. The monoisotopic (exact) mass is 222 g/mol. The molecule has 0 radical (unpaired) electrons. The second kappa shape index (κ2) is 4.52. The Morgan fingerprint density at radius 2 is 2.21 bits per heavy atom. The van der Waals surface area contributed by atoms with Crippen LogP contribution in [0.5, 0.6) is 0 Å². The molecule has 0 saturated heterocycles. The molecule has 0 unspecified atom stereocenters. The Balaban J connectivity index is 3.24. The standard InChI is InChI=1S/C8H9ClF2N2O/c9-2-4-5(12)1-6(8(10)11)13-7(4)3-14/h1,8,14H,2-3H2,(H2,12,13). The van der Waals surface area contributed by atoms with Crippen molar-refractivity contribution in [3.8, 4) is 0 Å². The topological polar surface area (TPSA) is 59.1 Å². The van der Waals surface area contributed by atoms with E-state index in [1.165, 1.54) is 0 Å². The Labute approximate surface area is 84.5 Å². The molecule has 0 aliphatic rings. The van der Waals surface area contributed by atoms with Crippen LogP contribution in [0.3, 0.4) is 0 Å². The first kappa shape index (κ1) is 11.1. The van der Waals surface area contributed by atoms with E-state index in [0.717, 1.165) is 6.07 Å². The van der Waals surface area contributed by atoms with Crippen LogP contribution in [0.4, 0.5) is 14.5 Å². The maximum absolute atomic E-state index is 12.3. The van der Waals surface area contributed by atoms with Gasteiger partial charge < -0.3 is 10.8 Å². The molecule has 0 aromatic carbocycles. The van der Waals surface area contributed by atoms with E-state index in [4.69, 9.17) is 22.4 Å². The molecule has 1 rings (SSSR count). The predicted octanol–water partition coefficient (Wildman–Crippen LogP) is 1.83. The maximum atomic E-state index is 12.3. The molecule has 0 saturated carbocycles. The van der Waals surface area contributed by atoms with Crippen molar-refractivity contribution >= 4 is 17.3 Å². The fraction of sp³-hybridized carbons (Fsp3) is 0.375. The number of hydrogen-bond acceptors (Lipinski definition) is 3. The highest BCUT2D eigenvalue weighted by Gasteiger charge is 2.14. The zero-order valence-corrected chi connectivity index (χ0v) is 7.93. The van der Waals surface area contributed by atoms with Crippen molar-refractivity contribution in [2.75, 3.05) is 5.73 Å². The number of anilines is 1.